The van der Waals surface area contributed by atoms with Gasteiger partial charge in [0.25, 0.3) is 5.91 Å². The first-order chi connectivity index (χ1) is 13.8. The van der Waals surface area contributed by atoms with Crippen molar-refractivity contribution in [2.24, 2.45) is 0 Å². The molecule has 142 valence electrons. The second-order valence-corrected chi connectivity index (χ2v) is 7.16. The standard InChI is InChI=1S/C24H25N3O/c28-24(26-14-6-10-19-8-2-1-3-9-19)21-16-22(18-25-17-21)27-15-7-12-20-11-4-5-13-23(20)27/h1-5,8-9,11,13,16-18H,6-7,10,12,14-15H2,(H,26,28). The van der Waals surface area contributed by atoms with Gasteiger partial charge in [0.15, 0.2) is 0 Å². The Hall–Kier alpha value is -3.14. The summed E-state index contributed by atoms with van der Waals surface area (Å²) in [7, 11) is 0. The van der Waals surface area contributed by atoms with Crippen LogP contribution in [0.5, 0.6) is 0 Å². The van der Waals surface area contributed by atoms with Crippen molar-refractivity contribution in [1.29, 1.82) is 0 Å². The number of hydrogen-bond donors (Lipinski definition) is 1. The lowest BCUT2D eigenvalue weighted by molar-refractivity contribution is 0.0953. The minimum Gasteiger partial charge on any atom is -0.352 e. The van der Waals surface area contributed by atoms with Crippen LogP contribution in [0.15, 0.2) is 73.1 Å². The van der Waals surface area contributed by atoms with Gasteiger partial charge in [0.05, 0.1) is 17.4 Å². The molecule has 0 saturated heterocycles. The molecule has 0 aliphatic carbocycles. The van der Waals surface area contributed by atoms with E-state index in [1.54, 1.807) is 6.20 Å². The summed E-state index contributed by atoms with van der Waals surface area (Å²) >= 11 is 0. The molecule has 1 aliphatic heterocycles. The smallest absolute Gasteiger partial charge is 0.252 e. The predicted molar refractivity (Wildman–Crippen MR) is 113 cm³/mol. The SMILES string of the molecule is O=C(NCCCc1ccccc1)c1cncc(N2CCCc3ccccc32)c1. The first-order valence-corrected chi connectivity index (χ1v) is 9.94. The number of carbonyl (C=O) groups is 1. The molecule has 3 aromatic rings. The van der Waals surface area contributed by atoms with Crippen LogP contribution in [0, 0.1) is 0 Å². The van der Waals surface area contributed by atoms with Gasteiger partial charge in [-0.15, -0.1) is 0 Å². The summed E-state index contributed by atoms with van der Waals surface area (Å²) in [5.41, 5.74) is 5.45. The highest BCUT2D eigenvalue weighted by atomic mass is 16.1. The Morgan fingerprint density at radius 3 is 2.75 bits per heavy atom. The van der Waals surface area contributed by atoms with E-state index in [2.05, 4.69) is 51.6 Å². The van der Waals surface area contributed by atoms with E-state index in [0.29, 0.717) is 12.1 Å². The van der Waals surface area contributed by atoms with Gasteiger partial charge in [-0.1, -0.05) is 48.5 Å². The zero-order valence-electron chi connectivity index (χ0n) is 16.0. The van der Waals surface area contributed by atoms with Gasteiger partial charge in [0.1, 0.15) is 0 Å². The largest absolute Gasteiger partial charge is 0.352 e. The molecule has 1 aliphatic rings. The molecule has 4 heteroatoms. The molecule has 2 heterocycles. The zero-order chi connectivity index (χ0) is 19.2. The monoisotopic (exact) mass is 371 g/mol. The second-order valence-electron chi connectivity index (χ2n) is 7.16. The van der Waals surface area contributed by atoms with Crippen molar-refractivity contribution >= 4 is 17.3 Å². The summed E-state index contributed by atoms with van der Waals surface area (Å²) in [6.07, 6.45) is 7.57. The van der Waals surface area contributed by atoms with E-state index in [0.717, 1.165) is 37.9 Å². The number of para-hydroxylation sites is 1. The van der Waals surface area contributed by atoms with Crippen LogP contribution in [0.2, 0.25) is 0 Å². The molecule has 1 amide bonds. The third-order valence-corrected chi connectivity index (χ3v) is 5.18. The van der Waals surface area contributed by atoms with Crippen molar-refractivity contribution < 1.29 is 4.79 Å². The molecule has 4 rings (SSSR count). The highest BCUT2D eigenvalue weighted by molar-refractivity contribution is 5.95. The Balaban J connectivity index is 1.39. The van der Waals surface area contributed by atoms with Crippen molar-refractivity contribution in [3.8, 4) is 0 Å². The molecule has 1 aromatic heterocycles. The summed E-state index contributed by atoms with van der Waals surface area (Å²) in [6.45, 7) is 1.60. The Kier molecular flexibility index (Phi) is 5.66. The van der Waals surface area contributed by atoms with Crippen LogP contribution in [-0.4, -0.2) is 24.0 Å². The van der Waals surface area contributed by atoms with Gasteiger partial charge >= 0.3 is 0 Å². The van der Waals surface area contributed by atoms with Crippen LogP contribution in [-0.2, 0) is 12.8 Å². The molecule has 28 heavy (non-hydrogen) atoms. The number of benzene rings is 2. The molecule has 2 aromatic carbocycles. The van der Waals surface area contributed by atoms with Crippen molar-refractivity contribution in [2.45, 2.75) is 25.7 Å². The maximum atomic E-state index is 12.6. The van der Waals surface area contributed by atoms with E-state index in [1.165, 1.54) is 16.8 Å². The molecule has 0 spiro atoms. The van der Waals surface area contributed by atoms with Crippen LogP contribution in [0.3, 0.4) is 0 Å². The Labute approximate surface area is 166 Å². The number of aryl methyl sites for hydroxylation is 2. The second kappa shape index (κ2) is 8.70. The van der Waals surface area contributed by atoms with Crippen molar-refractivity contribution in [2.75, 3.05) is 18.0 Å². The third kappa shape index (κ3) is 4.22. The topological polar surface area (TPSA) is 45.2 Å². The molecule has 0 unspecified atom stereocenters. The molecular formula is C24H25N3O. The lowest BCUT2D eigenvalue weighted by Gasteiger charge is -2.31. The number of nitrogens with one attached hydrogen (secondary N) is 1. The number of carbonyl (C=O) groups excluding carboxylic acids is 1. The fourth-order valence-electron chi connectivity index (χ4n) is 3.74. The number of rotatable bonds is 6. The molecule has 0 saturated carbocycles. The van der Waals surface area contributed by atoms with Gasteiger partial charge in [-0.05, 0) is 48.9 Å². The van der Waals surface area contributed by atoms with Crippen molar-refractivity contribution in [1.82, 2.24) is 10.3 Å². The number of pyridine rings is 1. The number of anilines is 2. The molecule has 1 N–H and O–H groups in total. The fourth-order valence-corrected chi connectivity index (χ4v) is 3.74. The van der Waals surface area contributed by atoms with Gasteiger partial charge in [-0.25, -0.2) is 0 Å². The summed E-state index contributed by atoms with van der Waals surface area (Å²) in [5.74, 6) is -0.0623. The van der Waals surface area contributed by atoms with Gasteiger partial charge in [0.2, 0.25) is 0 Å². The van der Waals surface area contributed by atoms with E-state index in [-0.39, 0.29) is 5.91 Å². The van der Waals surface area contributed by atoms with Crippen LogP contribution in [0.4, 0.5) is 11.4 Å². The first kappa shape index (κ1) is 18.2. The van der Waals surface area contributed by atoms with Gasteiger partial charge in [-0.2, -0.15) is 0 Å². The summed E-state index contributed by atoms with van der Waals surface area (Å²) in [6, 6.07) is 20.8. The van der Waals surface area contributed by atoms with E-state index < -0.39 is 0 Å². The summed E-state index contributed by atoms with van der Waals surface area (Å²) < 4.78 is 0. The van der Waals surface area contributed by atoms with Gasteiger partial charge < -0.3 is 10.2 Å². The molecule has 0 radical (unpaired) electrons. The van der Waals surface area contributed by atoms with Gasteiger partial charge in [-0.3, -0.25) is 9.78 Å². The highest BCUT2D eigenvalue weighted by Crippen LogP contribution is 2.33. The maximum absolute atomic E-state index is 12.6. The van der Waals surface area contributed by atoms with Crippen LogP contribution >= 0.6 is 0 Å². The molecule has 0 bridgehead atoms. The molecule has 0 atom stereocenters. The third-order valence-electron chi connectivity index (χ3n) is 5.18. The average Bonchev–Trinajstić information content (AvgIpc) is 2.77. The average molecular weight is 371 g/mol. The van der Waals surface area contributed by atoms with E-state index in [9.17, 15) is 4.79 Å². The van der Waals surface area contributed by atoms with E-state index in [1.807, 2.05) is 30.5 Å². The fraction of sp³-hybridized carbons (Fsp3) is 0.250. The van der Waals surface area contributed by atoms with Crippen LogP contribution in [0.1, 0.15) is 34.3 Å². The summed E-state index contributed by atoms with van der Waals surface area (Å²) in [4.78, 5) is 19.2. The van der Waals surface area contributed by atoms with Crippen LogP contribution in [0.25, 0.3) is 0 Å². The van der Waals surface area contributed by atoms with Gasteiger partial charge in [0, 0.05) is 25.0 Å². The normalized spacial score (nSPS) is 13.1. The number of aromatic nitrogens is 1. The maximum Gasteiger partial charge on any atom is 0.252 e. The Morgan fingerprint density at radius 2 is 1.86 bits per heavy atom. The molecular weight excluding hydrogens is 346 g/mol. The van der Waals surface area contributed by atoms with E-state index in [4.69, 9.17) is 0 Å². The Bertz CT molecular complexity index is 939. The lowest BCUT2D eigenvalue weighted by atomic mass is 10.0. The van der Waals surface area contributed by atoms with Crippen molar-refractivity contribution in [3.63, 3.8) is 0 Å². The molecule has 4 nitrogen and oxygen atoms in total. The predicted octanol–water partition coefficient (Wildman–Crippen LogP) is 4.53. The number of fused-ring (bicyclic) bond motifs is 1. The minimum atomic E-state index is -0.0623. The quantitative estimate of drug-likeness (QED) is 0.648. The van der Waals surface area contributed by atoms with Crippen LogP contribution < -0.4 is 10.2 Å². The summed E-state index contributed by atoms with van der Waals surface area (Å²) in [5, 5.41) is 3.02. The number of amides is 1. The first-order valence-electron chi connectivity index (χ1n) is 9.94. The molecule has 0 fully saturated rings. The lowest BCUT2D eigenvalue weighted by Crippen LogP contribution is -2.27. The number of nitrogens with zero attached hydrogens (tertiary/aromatic N) is 2. The zero-order valence-corrected chi connectivity index (χ0v) is 16.0. The van der Waals surface area contributed by atoms with E-state index >= 15 is 0 Å². The van der Waals surface area contributed by atoms with Crippen molar-refractivity contribution in [3.05, 3.63) is 89.7 Å². The highest BCUT2D eigenvalue weighted by Gasteiger charge is 2.19. The minimum absolute atomic E-state index is 0.0623. The number of hydrogen-bond acceptors (Lipinski definition) is 3. The Morgan fingerprint density at radius 1 is 1.04 bits per heavy atom.